The van der Waals surface area contributed by atoms with Crippen molar-refractivity contribution in [2.45, 2.75) is 25.4 Å². The number of benzene rings is 2. The van der Waals surface area contributed by atoms with Gasteiger partial charge >= 0.3 is 6.09 Å². The number of anilines is 3. The number of hydrogen-bond acceptors (Lipinski definition) is 6. The average molecular weight is 460 g/mol. The molecule has 1 amide bonds. The first-order valence-electron chi connectivity index (χ1n) is 10.2. The summed E-state index contributed by atoms with van der Waals surface area (Å²) in [5, 5.41) is 6.27. The van der Waals surface area contributed by atoms with Crippen LogP contribution in [0.3, 0.4) is 0 Å². The first-order chi connectivity index (χ1) is 15.4. The zero-order chi connectivity index (χ0) is 22.5. The van der Waals surface area contributed by atoms with E-state index in [-0.39, 0.29) is 10.8 Å². The number of aromatic nitrogens is 2. The number of piperidine rings is 1. The molecule has 2 aromatic carbocycles. The summed E-state index contributed by atoms with van der Waals surface area (Å²) >= 11 is 5.81. The molecule has 2 N–H and O–H groups in total. The van der Waals surface area contributed by atoms with Crippen molar-refractivity contribution in [2.75, 3.05) is 29.9 Å². The Morgan fingerprint density at radius 1 is 1.22 bits per heavy atom. The molecule has 0 aliphatic carbocycles. The summed E-state index contributed by atoms with van der Waals surface area (Å²) in [6.07, 6.45) is 2.38. The van der Waals surface area contributed by atoms with Gasteiger partial charge in [0.25, 0.3) is 0 Å². The minimum atomic E-state index is -0.915. The molecule has 0 radical (unpaired) electrons. The van der Waals surface area contributed by atoms with Crippen molar-refractivity contribution in [1.82, 2.24) is 15.3 Å². The van der Waals surface area contributed by atoms with Gasteiger partial charge in [0.15, 0.2) is 5.82 Å². The van der Waals surface area contributed by atoms with E-state index in [9.17, 15) is 13.6 Å². The molecule has 32 heavy (non-hydrogen) atoms. The second-order valence-corrected chi connectivity index (χ2v) is 8.52. The first-order valence-corrected chi connectivity index (χ1v) is 10.6. The zero-order valence-corrected chi connectivity index (χ0v) is 18.0. The quantitative estimate of drug-likeness (QED) is 0.553. The van der Waals surface area contributed by atoms with Crippen LogP contribution in [0.2, 0.25) is 5.02 Å². The predicted octanol–water partition coefficient (Wildman–Crippen LogP) is 4.69. The molecule has 2 fully saturated rings. The van der Waals surface area contributed by atoms with Crippen LogP contribution in [0.1, 0.15) is 18.4 Å². The fourth-order valence-electron chi connectivity index (χ4n) is 4.30. The van der Waals surface area contributed by atoms with Crippen molar-refractivity contribution in [3.8, 4) is 0 Å². The third kappa shape index (κ3) is 3.51. The smallest absolute Gasteiger partial charge is 0.415 e. The lowest BCUT2D eigenvalue weighted by molar-refractivity contribution is 0.0316. The fraction of sp³-hybridized carbons (Fsp3) is 0.318. The molecule has 10 heteroatoms. The van der Waals surface area contributed by atoms with Crippen LogP contribution >= 0.6 is 11.6 Å². The summed E-state index contributed by atoms with van der Waals surface area (Å²) in [6.45, 7) is 3.89. The Hall–Kier alpha value is -3.04. The highest BCUT2D eigenvalue weighted by Gasteiger charge is 2.46. The normalized spacial score (nSPS) is 17.8. The van der Waals surface area contributed by atoms with Gasteiger partial charge in [-0.15, -0.1) is 0 Å². The van der Waals surface area contributed by atoms with Crippen LogP contribution in [-0.2, 0) is 4.74 Å². The molecule has 0 saturated carbocycles. The molecule has 3 heterocycles. The maximum Gasteiger partial charge on any atom is 0.415 e. The van der Waals surface area contributed by atoms with E-state index in [0.29, 0.717) is 23.1 Å². The van der Waals surface area contributed by atoms with Gasteiger partial charge in [-0.05, 0) is 49.8 Å². The number of fused-ring (bicyclic) bond motifs is 1. The maximum absolute atomic E-state index is 14.4. The summed E-state index contributed by atoms with van der Waals surface area (Å²) in [5.74, 6) is -1.52. The summed E-state index contributed by atoms with van der Waals surface area (Å²) in [6, 6.07) is 5.77. The minimum absolute atomic E-state index is 0.195. The Bertz CT molecular complexity index is 1230. The van der Waals surface area contributed by atoms with Gasteiger partial charge < -0.3 is 15.4 Å². The van der Waals surface area contributed by atoms with Crippen molar-refractivity contribution >= 4 is 45.8 Å². The van der Waals surface area contributed by atoms with Gasteiger partial charge in [0.2, 0.25) is 0 Å². The molecule has 0 bridgehead atoms. The topological polar surface area (TPSA) is 79.4 Å². The average Bonchev–Trinajstić information content (AvgIpc) is 3.09. The Morgan fingerprint density at radius 2 is 2.00 bits per heavy atom. The molecule has 0 unspecified atom stereocenters. The SMILES string of the molecule is Cc1cc2ncnc(Nc3c(F)ccc(Cl)c3F)c2cc1N1CC2(CCNCC2)OC1=O. The van der Waals surface area contributed by atoms with Crippen molar-refractivity contribution < 1.29 is 18.3 Å². The second-order valence-electron chi connectivity index (χ2n) is 8.11. The molecule has 7 nitrogen and oxygen atoms in total. The maximum atomic E-state index is 14.4. The minimum Gasteiger partial charge on any atom is -0.441 e. The van der Waals surface area contributed by atoms with E-state index in [4.69, 9.17) is 16.3 Å². The summed E-state index contributed by atoms with van der Waals surface area (Å²) < 4.78 is 34.5. The van der Waals surface area contributed by atoms with E-state index >= 15 is 0 Å². The van der Waals surface area contributed by atoms with Crippen molar-refractivity contribution in [2.24, 2.45) is 0 Å². The van der Waals surface area contributed by atoms with Gasteiger partial charge in [-0.2, -0.15) is 0 Å². The second kappa shape index (κ2) is 7.83. The molecule has 2 aliphatic rings. The summed E-state index contributed by atoms with van der Waals surface area (Å²) in [4.78, 5) is 22.8. The third-order valence-electron chi connectivity index (χ3n) is 6.02. The molecule has 2 aliphatic heterocycles. The van der Waals surface area contributed by atoms with Gasteiger partial charge in [0.1, 0.15) is 29.3 Å². The molecule has 1 spiro atoms. The van der Waals surface area contributed by atoms with Gasteiger partial charge in [-0.3, -0.25) is 4.90 Å². The molecule has 1 aromatic heterocycles. The van der Waals surface area contributed by atoms with Gasteiger partial charge in [0, 0.05) is 18.2 Å². The highest BCUT2D eigenvalue weighted by Crippen LogP contribution is 2.38. The van der Waals surface area contributed by atoms with E-state index in [0.717, 1.165) is 43.6 Å². The monoisotopic (exact) mass is 459 g/mol. The fourth-order valence-corrected chi connectivity index (χ4v) is 4.46. The van der Waals surface area contributed by atoms with Gasteiger partial charge in [0.05, 0.1) is 22.8 Å². The predicted molar refractivity (Wildman–Crippen MR) is 118 cm³/mol. The molecule has 166 valence electrons. The Kier molecular flexibility index (Phi) is 5.10. The molecular weight excluding hydrogens is 440 g/mol. The Balaban J connectivity index is 1.56. The Labute approximate surface area is 187 Å². The number of ether oxygens (including phenoxy) is 1. The summed E-state index contributed by atoms with van der Waals surface area (Å²) in [7, 11) is 0. The van der Waals surface area contributed by atoms with E-state index in [1.54, 1.807) is 11.0 Å². The number of amides is 1. The zero-order valence-electron chi connectivity index (χ0n) is 17.2. The van der Waals surface area contributed by atoms with E-state index in [1.807, 2.05) is 13.0 Å². The molecule has 3 aromatic rings. The Morgan fingerprint density at radius 3 is 2.78 bits per heavy atom. The van der Waals surface area contributed by atoms with E-state index in [1.165, 1.54) is 6.33 Å². The first kappa shape index (κ1) is 20.8. The molecule has 0 atom stereocenters. The van der Waals surface area contributed by atoms with Gasteiger partial charge in [-0.1, -0.05) is 11.6 Å². The lowest BCUT2D eigenvalue weighted by Gasteiger charge is -2.31. The number of rotatable bonds is 3. The summed E-state index contributed by atoms with van der Waals surface area (Å²) in [5.41, 5.74) is 1.11. The van der Waals surface area contributed by atoms with Crippen molar-refractivity contribution in [3.05, 3.63) is 52.8 Å². The molecule has 5 rings (SSSR count). The van der Waals surface area contributed by atoms with E-state index in [2.05, 4.69) is 20.6 Å². The largest absolute Gasteiger partial charge is 0.441 e. The van der Waals surface area contributed by atoms with Crippen LogP contribution in [0.4, 0.5) is 30.8 Å². The van der Waals surface area contributed by atoms with Crippen LogP contribution in [-0.4, -0.2) is 41.3 Å². The number of carbonyl (C=O) groups excluding carboxylic acids is 1. The number of nitrogens with zero attached hydrogens (tertiary/aromatic N) is 3. The van der Waals surface area contributed by atoms with Crippen LogP contribution in [0.25, 0.3) is 10.9 Å². The number of halogens is 3. The van der Waals surface area contributed by atoms with E-state index < -0.39 is 29.0 Å². The van der Waals surface area contributed by atoms with Crippen molar-refractivity contribution in [3.63, 3.8) is 0 Å². The van der Waals surface area contributed by atoms with Crippen LogP contribution in [0.15, 0.2) is 30.6 Å². The lowest BCUT2D eigenvalue weighted by Crippen LogP contribution is -2.44. The lowest BCUT2D eigenvalue weighted by atomic mass is 9.92. The number of nitrogens with one attached hydrogen (secondary N) is 2. The molecule has 2 saturated heterocycles. The van der Waals surface area contributed by atoms with Crippen LogP contribution < -0.4 is 15.5 Å². The van der Waals surface area contributed by atoms with Crippen LogP contribution in [0, 0.1) is 18.6 Å². The number of hydrogen-bond donors (Lipinski definition) is 2. The highest BCUT2D eigenvalue weighted by molar-refractivity contribution is 6.31. The van der Waals surface area contributed by atoms with Crippen LogP contribution in [0.5, 0.6) is 0 Å². The third-order valence-corrected chi connectivity index (χ3v) is 6.31. The number of aryl methyl sites for hydroxylation is 1. The standard InChI is InChI=1S/C22H20ClF2N5O2/c1-12-8-16-13(9-17(12)30-10-22(32-21(30)31)4-6-26-7-5-22)20(28-11-27-16)29-19-15(24)3-2-14(23)18(19)25/h2-3,8-9,11,26H,4-7,10H2,1H3,(H,27,28,29). The highest BCUT2D eigenvalue weighted by atomic mass is 35.5. The van der Waals surface area contributed by atoms with Crippen molar-refractivity contribution in [1.29, 1.82) is 0 Å². The number of carbonyl (C=O) groups is 1. The van der Waals surface area contributed by atoms with Gasteiger partial charge in [-0.25, -0.2) is 23.5 Å². The molecular formula is C22H20ClF2N5O2.